The molecule has 0 aliphatic rings. The van der Waals surface area contributed by atoms with Gasteiger partial charge in [-0.1, -0.05) is 18.2 Å². The van der Waals surface area contributed by atoms with Crippen molar-refractivity contribution in [2.75, 3.05) is 30.4 Å². The first-order chi connectivity index (χ1) is 6.79. The van der Waals surface area contributed by atoms with Crippen LogP contribution in [0.15, 0.2) is 36.9 Å². The van der Waals surface area contributed by atoms with Gasteiger partial charge in [0.1, 0.15) is 0 Å². The van der Waals surface area contributed by atoms with Gasteiger partial charge in [-0.2, -0.15) is 0 Å². The smallest absolute Gasteiger partial charge is 0.0599 e. The molecule has 0 heterocycles. The van der Waals surface area contributed by atoms with Crippen molar-refractivity contribution in [1.82, 2.24) is 0 Å². The minimum Gasteiger partial charge on any atom is -0.380 e. The molecule has 0 aromatic heterocycles. The summed E-state index contributed by atoms with van der Waals surface area (Å²) < 4.78 is 0. The van der Waals surface area contributed by atoms with Gasteiger partial charge in [0.25, 0.3) is 0 Å². The number of nitrogens with zero attached hydrogens (tertiary/aromatic N) is 1. The Morgan fingerprint density at radius 1 is 1.43 bits per heavy atom. The summed E-state index contributed by atoms with van der Waals surface area (Å²) in [6.45, 7) is 7.64. The largest absolute Gasteiger partial charge is 0.380 e. The van der Waals surface area contributed by atoms with Crippen molar-refractivity contribution in [1.29, 1.82) is 0 Å². The van der Waals surface area contributed by atoms with Crippen molar-refractivity contribution in [2.45, 2.75) is 6.92 Å². The van der Waals surface area contributed by atoms with Gasteiger partial charge in [0.05, 0.1) is 11.4 Å². The van der Waals surface area contributed by atoms with Crippen molar-refractivity contribution in [2.24, 2.45) is 0 Å². The zero-order valence-corrected chi connectivity index (χ0v) is 8.96. The summed E-state index contributed by atoms with van der Waals surface area (Å²) in [5.74, 6) is 0. The fourth-order valence-corrected chi connectivity index (χ4v) is 1.31. The Balaban J connectivity index is 2.84. The van der Waals surface area contributed by atoms with Gasteiger partial charge in [-0.05, 0) is 19.1 Å². The second kappa shape index (κ2) is 5.32. The zero-order valence-electron chi connectivity index (χ0n) is 8.96. The highest BCUT2D eigenvalue weighted by Crippen LogP contribution is 2.23. The molecule has 1 rings (SSSR count). The number of anilines is 2. The van der Waals surface area contributed by atoms with Gasteiger partial charge >= 0.3 is 0 Å². The predicted octanol–water partition coefficient (Wildman–Crippen LogP) is 2.74. The Morgan fingerprint density at radius 2 is 2.14 bits per heavy atom. The molecule has 0 bridgehead atoms. The summed E-state index contributed by atoms with van der Waals surface area (Å²) in [5, 5.41) is 3.32. The molecule has 2 nitrogen and oxygen atoms in total. The van der Waals surface area contributed by atoms with Crippen molar-refractivity contribution in [3.8, 4) is 0 Å². The number of para-hydroxylation sites is 2. The molecule has 1 aromatic carbocycles. The van der Waals surface area contributed by atoms with E-state index < -0.39 is 0 Å². The van der Waals surface area contributed by atoms with E-state index in [0.717, 1.165) is 18.8 Å². The molecule has 2 heteroatoms. The highest BCUT2D eigenvalue weighted by atomic mass is 15.1. The number of benzene rings is 1. The van der Waals surface area contributed by atoms with Crippen LogP contribution in [-0.2, 0) is 0 Å². The van der Waals surface area contributed by atoms with E-state index >= 15 is 0 Å². The lowest BCUT2D eigenvalue weighted by Gasteiger charge is -2.20. The van der Waals surface area contributed by atoms with Crippen LogP contribution in [-0.4, -0.2) is 20.1 Å². The molecule has 14 heavy (non-hydrogen) atoms. The van der Waals surface area contributed by atoms with Gasteiger partial charge in [-0.3, -0.25) is 0 Å². The fraction of sp³-hybridized carbons (Fsp3) is 0.333. The average molecular weight is 190 g/mol. The van der Waals surface area contributed by atoms with E-state index in [2.05, 4.69) is 49.0 Å². The minimum atomic E-state index is 0.800. The number of nitrogens with one attached hydrogen (secondary N) is 1. The van der Waals surface area contributed by atoms with Crippen LogP contribution in [0.25, 0.3) is 0 Å². The quantitative estimate of drug-likeness (QED) is 0.718. The SMILES string of the molecule is C=CCNc1ccccc1N(C)CC. The second-order valence-corrected chi connectivity index (χ2v) is 3.20. The topological polar surface area (TPSA) is 15.3 Å². The van der Waals surface area contributed by atoms with Gasteiger partial charge < -0.3 is 10.2 Å². The molecule has 0 atom stereocenters. The third-order valence-electron chi connectivity index (χ3n) is 2.23. The standard InChI is InChI=1S/C12H18N2/c1-4-10-13-11-8-6-7-9-12(11)14(3)5-2/h4,6-9,13H,1,5,10H2,2-3H3. The molecule has 76 valence electrons. The maximum atomic E-state index is 3.69. The van der Waals surface area contributed by atoms with Gasteiger partial charge in [-0.25, -0.2) is 0 Å². The molecule has 0 saturated carbocycles. The van der Waals surface area contributed by atoms with Crippen molar-refractivity contribution in [3.63, 3.8) is 0 Å². The van der Waals surface area contributed by atoms with E-state index in [0.29, 0.717) is 0 Å². The van der Waals surface area contributed by atoms with E-state index in [1.54, 1.807) is 0 Å². The first kappa shape index (κ1) is 10.6. The number of hydrogen-bond donors (Lipinski definition) is 1. The summed E-state index contributed by atoms with van der Waals surface area (Å²) in [6.07, 6.45) is 1.86. The third-order valence-corrected chi connectivity index (χ3v) is 2.23. The molecule has 0 aliphatic carbocycles. The molecule has 0 spiro atoms. The van der Waals surface area contributed by atoms with Crippen LogP contribution in [0.3, 0.4) is 0 Å². The van der Waals surface area contributed by atoms with E-state index in [-0.39, 0.29) is 0 Å². The van der Waals surface area contributed by atoms with E-state index in [9.17, 15) is 0 Å². The first-order valence-corrected chi connectivity index (χ1v) is 4.94. The lowest BCUT2D eigenvalue weighted by Crippen LogP contribution is -2.17. The molecule has 1 N–H and O–H groups in total. The molecule has 0 aliphatic heterocycles. The normalized spacial score (nSPS) is 9.57. The van der Waals surface area contributed by atoms with Crippen LogP contribution in [0, 0.1) is 0 Å². The monoisotopic (exact) mass is 190 g/mol. The van der Waals surface area contributed by atoms with Crippen LogP contribution in [0.5, 0.6) is 0 Å². The van der Waals surface area contributed by atoms with Crippen molar-refractivity contribution >= 4 is 11.4 Å². The van der Waals surface area contributed by atoms with E-state index in [4.69, 9.17) is 0 Å². The fourth-order valence-electron chi connectivity index (χ4n) is 1.31. The molecular formula is C12H18N2. The summed E-state index contributed by atoms with van der Waals surface area (Å²) in [7, 11) is 2.09. The summed E-state index contributed by atoms with van der Waals surface area (Å²) in [4.78, 5) is 2.21. The average Bonchev–Trinajstić information content (AvgIpc) is 2.25. The minimum absolute atomic E-state index is 0.800. The zero-order chi connectivity index (χ0) is 10.4. The molecular weight excluding hydrogens is 172 g/mol. The summed E-state index contributed by atoms with van der Waals surface area (Å²) >= 11 is 0. The number of hydrogen-bond acceptors (Lipinski definition) is 2. The van der Waals surface area contributed by atoms with Crippen molar-refractivity contribution in [3.05, 3.63) is 36.9 Å². The Labute approximate surface area is 86.2 Å². The summed E-state index contributed by atoms with van der Waals surface area (Å²) in [5.41, 5.74) is 2.40. The molecule has 0 radical (unpaired) electrons. The van der Waals surface area contributed by atoms with Crippen molar-refractivity contribution < 1.29 is 0 Å². The Hall–Kier alpha value is -1.44. The highest BCUT2D eigenvalue weighted by Gasteiger charge is 2.03. The first-order valence-electron chi connectivity index (χ1n) is 4.94. The number of rotatable bonds is 5. The van der Waals surface area contributed by atoms with Crippen LogP contribution < -0.4 is 10.2 Å². The van der Waals surface area contributed by atoms with Gasteiger partial charge in [0, 0.05) is 20.1 Å². The Kier molecular flexibility index (Phi) is 4.05. The van der Waals surface area contributed by atoms with E-state index in [1.165, 1.54) is 5.69 Å². The lowest BCUT2D eigenvalue weighted by molar-refractivity contribution is 0.968. The van der Waals surface area contributed by atoms with Gasteiger partial charge in [0.15, 0.2) is 0 Å². The highest BCUT2D eigenvalue weighted by molar-refractivity contribution is 5.69. The Morgan fingerprint density at radius 3 is 2.79 bits per heavy atom. The molecule has 0 saturated heterocycles. The second-order valence-electron chi connectivity index (χ2n) is 3.20. The Bertz CT molecular complexity index is 294. The van der Waals surface area contributed by atoms with Crippen LogP contribution in [0.2, 0.25) is 0 Å². The van der Waals surface area contributed by atoms with Crippen LogP contribution in [0.4, 0.5) is 11.4 Å². The van der Waals surface area contributed by atoms with Gasteiger partial charge in [0.2, 0.25) is 0 Å². The molecule has 0 unspecified atom stereocenters. The lowest BCUT2D eigenvalue weighted by atomic mass is 10.2. The molecule has 0 amide bonds. The van der Waals surface area contributed by atoms with Crippen LogP contribution >= 0.6 is 0 Å². The maximum Gasteiger partial charge on any atom is 0.0599 e. The third kappa shape index (κ3) is 2.52. The molecule has 1 aromatic rings. The summed E-state index contributed by atoms with van der Waals surface area (Å²) in [6, 6.07) is 8.30. The maximum absolute atomic E-state index is 3.69. The van der Waals surface area contributed by atoms with Crippen LogP contribution in [0.1, 0.15) is 6.92 Å². The predicted molar refractivity (Wildman–Crippen MR) is 64.1 cm³/mol. The van der Waals surface area contributed by atoms with Gasteiger partial charge in [-0.15, -0.1) is 6.58 Å². The molecule has 0 fully saturated rings. The van der Waals surface area contributed by atoms with E-state index in [1.807, 2.05) is 12.1 Å².